The van der Waals surface area contributed by atoms with Crippen LogP contribution in [0.1, 0.15) is 31.0 Å². The second-order valence-electron chi connectivity index (χ2n) is 8.71. The lowest BCUT2D eigenvalue weighted by atomic mass is 9.95. The Kier molecular flexibility index (Phi) is 7.59. The van der Waals surface area contributed by atoms with E-state index in [1.54, 1.807) is 48.5 Å². The van der Waals surface area contributed by atoms with Gasteiger partial charge in [-0.15, -0.1) is 0 Å². The van der Waals surface area contributed by atoms with Gasteiger partial charge < -0.3 is 19.6 Å². The van der Waals surface area contributed by atoms with Gasteiger partial charge in [-0.1, -0.05) is 55.5 Å². The maximum atomic E-state index is 13.4. The predicted octanol–water partition coefficient (Wildman–Crippen LogP) is 1.74. The fraction of sp³-hybridized carbons (Fsp3) is 0.360. The summed E-state index contributed by atoms with van der Waals surface area (Å²) in [7, 11) is 3.94. The molecule has 1 aliphatic rings. The number of likely N-dealkylation sites (N-methyl/N-ethyl adjacent to an activating group) is 1. The Morgan fingerprint density at radius 2 is 1.72 bits per heavy atom. The van der Waals surface area contributed by atoms with Crippen LogP contribution in [-0.4, -0.2) is 50.4 Å². The third kappa shape index (κ3) is 5.31. The summed E-state index contributed by atoms with van der Waals surface area (Å²) in [6, 6.07) is 12.8. The highest BCUT2D eigenvalue weighted by atomic mass is 35.5. The fourth-order valence-electron chi connectivity index (χ4n) is 3.56. The van der Waals surface area contributed by atoms with Crippen LogP contribution in [0.2, 0.25) is 5.02 Å². The van der Waals surface area contributed by atoms with Crippen LogP contribution < -0.4 is 14.7 Å². The van der Waals surface area contributed by atoms with E-state index in [0.29, 0.717) is 47.5 Å². The van der Waals surface area contributed by atoms with E-state index in [9.17, 15) is 14.7 Å². The average Bonchev–Trinajstić information content (AvgIpc) is 3.01. The number of nitrogens with one attached hydrogen (secondary N) is 1. The van der Waals surface area contributed by atoms with E-state index in [-0.39, 0.29) is 5.57 Å². The first-order valence-electron chi connectivity index (χ1n) is 10.7. The number of hydrogen-bond acceptors (Lipinski definition) is 4. The molecule has 0 radical (unpaired) electrons. The van der Waals surface area contributed by atoms with E-state index in [2.05, 4.69) is 13.8 Å². The molecular formula is C25H29ClN2O4. The lowest BCUT2D eigenvalue weighted by molar-refractivity contribution is -0.857. The van der Waals surface area contributed by atoms with Gasteiger partial charge in [0.25, 0.3) is 5.91 Å². The number of ether oxygens (including phenoxy) is 1. The molecule has 1 N–H and O–H groups in total. The zero-order valence-electron chi connectivity index (χ0n) is 18.9. The minimum absolute atomic E-state index is 0.0260. The number of likely N-dealkylation sites (tertiary alicyclic amines) is 1. The van der Waals surface area contributed by atoms with Crippen molar-refractivity contribution in [3.05, 3.63) is 70.3 Å². The number of halogens is 1. The number of ketones is 1. The normalized spacial score (nSPS) is 18.1. The van der Waals surface area contributed by atoms with Gasteiger partial charge in [-0.3, -0.25) is 9.59 Å². The maximum absolute atomic E-state index is 13.4. The monoisotopic (exact) mass is 456 g/mol. The zero-order valence-corrected chi connectivity index (χ0v) is 19.6. The van der Waals surface area contributed by atoms with E-state index < -0.39 is 23.5 Å². The Morgan fingerprint density at radius 1 is 1.09 bits per heavy atom. The van der Waals surface area contributed by atoms with Crippen molar-refractivity contribution < 1.29 is 24.3 Å². The maximum Gasteiger partial charge on any atom is 0.295 e. The van der Waals surface area contributed by atoms with Crippen molar-refractivity contribution in [3.63, 3.8) is 0 Å². The molecule has 3 rings (SSSR count). The number of carbonyl (C=O) groups is 2. The molecule has 32 heavy (non-hydrogen) atoms. The van der Waals surface area contributed by atoms with Crippen LogP contribution in [0, 0.1) is 5.92 Å². The fourth-order valence-corrected chi connectivity index (χ4v) is 3.68. The van der Waals surface area contributed by atoms with Gasteiger partial charge in [-0.25, -0.2) is 0 Å². The molecule has 1 fully saturated rings. The van der Waals surface area contributed by atoms with Gasteiger partial charge in [-0.05, 0) is 41.3 Å². The Balaban J connectivity index is 2.02. The molecule has 0 saturated carbocycles. The highest BCUT2D eigenvalue weighted by Crippen LogP contribution is 2.38. The summed E-state index contributed by atoms with van der Waals surface area (Å²) in [5.41, 5.74) is 1.00. The molecule has 2 aromatic carbocycles. The molecule has 0 aromatic heterocycles. The molecule has 170 valence electrons. The van der Waals surface area contributed by atoms with Gasteiger partial charge in [0.05, 0.1) is 39.8 Å². The Hall–Kier alpha value is -2.83. The molecule has 1 amide bonds. The molecule has 7 heteroatoms. The molecule has 6 nitrogen and oxygen atoms in total. The Labute approximate surface area is 194 Å². The van der Waals surface area contributed by atoms with Gasteiger partial charge in [-0.2, -0.15) is 0 Å². The minimum atomic E-state index is -0.746. The van der Waals surface area contributed by atoms with Crippen molar-refractivity contribution in [2.75, 3.05) is 33.8 Å². The average molecular weight is 457 g/mol. The Bertz CT molecular complexity index is 998. The SMILES string of the molecule is CC(C)COc1ccc(/C([O-])=C2\C(=O)C(=O)N(CC[NH+](C)C)C2c2ccc(Cl)cc2)cc1. The van der Waals surface area contributed by atoms with E-state index >= 15 is 0 Å². The number of hydrogen-bond donors (Lipinski definition) is 1. The zero-order chi connectivity index (χ0) is 23.4. The molecule has 1 saturated heterocycles. The van der Waals surface area contributed by atoms with Gasteiger partial charge in [0.1, 0.15) is 5.75 Å². The molecule has 1 aliphatic heterocycles. The van der Waals surface area contributed by atoms with E-state index in [4.69, 9.17) is 16.3 Å². The minimum Gasteiger partial charge on any atom is -0.872 e. The number of amides is 1. The number of quaternary nitrogens is 1. The summed E-state index contributed by atoms with van der Waals surface area (Å²) in [4.78, 5) is 28.5. The van der Waals surface area contributed by atoms with Gasteiger partial charge >= 0.3 is 0 Å². The van der Waals surface area contributed by atoms with Gasteiger partial charge in [0.15, 0.2) is 0 Å². The summed E-state index contributed by atoms with van der Waals surface area (Å²) >= 11 is 6.03. The van der Waals surface area contributed by atoms with E-state index in [0.717, 1.165) is 4.90 Å². The Morgan fingerprint density at radius 3 is 2.28 bits per heavy atom. The first kappa shape index (κ1) is 23.8. The molecule has 1 unspecified atom stereocenters. The van der Waals surface area contributed by atoms with Crippen molar-refractivity contribution in [2.24, 2.45) is 5.92 Å². The van der Waals surface area contributed by atoms with Crippen LogP contribution in [0.4, 0.5) is 0 Å². The van der Waals surface area contributed by atoms with Crippen LogP contribution in [0.25, 0.3) is 5.76 Å². The highest BCUT2D eigenvalue weighted by Gasteiger charge is 2.44. The van der Waals surface area contributed by atoms with E-state index in [1.165, 1.54) is 4.90 Å². The van der Waals surface area contributed by atoms with Gasteiger partial charge in [0.2, 0.25) is 5.78 Å². The highest BCUT2D eigenvalue weighted by molar-refractivity contribution is 6.46. The first-order chi connectivity index (χ1) is 15.2. The molecule has 0 bridgehead atoms. The van der Waals surface area contributed by atoms with E-state index in [1.807, 2.05) is 14.1 Å². The smallest absolute Gasteiger partial charge is 0.295 e. The van der Waals surface area contributed by atoms with Crippen LogP contribution in [0.5, 0.6) is 5.75 Å². The summed E-state index contributed by atoms with van der Waals surface area (Å²) in [5, 5.41) is 13.9. The summed E-state index contributed by atoms with van der Waals surface area (Å²) in [6.45, 7) is 5.68. The lowest BCUT2D eigenvalue weighted by Crippen LogP contribution is -3.06. The predicted molar refractivity (Wildman–Crippen MR) is 122 cm³/mol. The standard InChI is InChI=1S/C25H29ClN2O4/c1-16(2)15-32-20-11-7-18(8-12-20)23(29)21-22(17-5-9-19(26)10-6-17)28(14-13-27(3)4)25(31)24(21)30/h5-12,16,22,29H,13-15H2,1-4H3/b23-21+. The second kappa shape index (κ2) is 10.2. The summed E-state index contributed by atoms with van der Waals surface area (Å²) < 4.78 is 5.68. The first-order valence-corrected chi connectivity index (χ1v) is 11.1. The van der Waals surface area contributed by atoms with Crippen molar-refractivity contribution in [1.29, 1.82) is 0 Å². The largest absolute Gasteiger partial charge is 0.872 e. The molecule has 0 aliphatic carbocycles. The van der Waals surface area contributed by atoms with Gasteiger partial charge in [0, 0.05) is 10.6 Å². The van der Waals surface area contributed by atoms with Crippen LogP contribution >= 0.6 is 11.6 Å². The summed E-state index contributed by atoms with van der Waals surface area (Å²) in [5.74, 6) is -0.809. The number of rotatable bonds is 8. The second-order valence-corrected chi connectivity index (χ2v) is 9.15. The third-order valence-electron chi connectivity index (χ3n) is 5.27. The van der Waals surface area contributed by atoms with Crippen molar-refractivity contribution >= 4 is 29.1 Å². The molecule has 0 spiro atoms. The van der Waals surface area contributed by atoms with Crippen LogP contribution in [0.15, 0.2) is 54.1 Å². The topological polar surface area (TPSA) is 74.1 Å². The van der Waals surface area contributed by atoms with Crippen molar-refractivity contribution in [3.8, 4) is 5.75 Å². The number of Topliss-reactive ketones (excluding diaryl/α,β-unsaturated/α-hetero) is 1. The third-order valence-corrected chi connectivity index (χ3v) is 5.52. The summed E-state index contributed by atoms with van der Waals surface area (Å²) in [6.07, 6.45) is 0. The van der Waals surface area contributed by atoms with Crippen molar-refractivity contribution in [2.45, 2.75) is 19.9 Å². The number of carbonyl (C=O) groups excluding carboxylic acids is 2. The van der Waals surface area contributed by atoms with Crippen LogP contribution in [-0.2, 0) is 9.59 Å². The van der Waals surface area contributed by atoms with Crippen LogP contribution in [0.3, 0.4) is 0 Å². The quantitative estimate of drug-likeness (QED) is 0.373. The number of nitrogens with zero attached hydrogens (tertiary/aromatic N) is 1. The number of benzene rings is 2. The lowest BCUT2D eigenvalue weighted by Gasteiger charge is -2.27. The molecular weight excluding hydrogens is 428 g/mol. The van der Waals surface area contributed by atoms with Crippen molar-refractivity contribution in [1.82, 2.24) is 4.90 Å². The molecule has 1 heterocycles. The molecule has 1 atom stereocenters. The molecule has 2 aromatic rings.